The van der Waals surface area contributed by atoms with Gasteiger partial charge in [0.25, 0.3) is 0 Å². The molecule has 8 nitrogen and oxygen atoms in total. The Labute approximate surface area is 207 Å². The number of fused-ring (bicyclic) bond motifs is 1. The third-order valence-electron chi connectivity index (χ3n) is 6.07. The second-order valence-electron chi connectivity index (χ2n) is 10.3. The smallest absolute Gasteiger partial charge is 0.303 e. The molecule has 2 N–H and O–H groups in total. The van der Waals surface area contributed by atoms with Gasteiger partial charge in [-0.05, 0) is 43.4 Å². The number of carboxylic acids is 1. The van der Waals surface area contributed by atoms with Gasteiger partial charge in [-0.25, -0.2) is 4.98 Å². The van der Waals surface area contributed by atoms with E-state index < -0.39 is 5.97 Å². The second-order valence-corrected chi connectivity index (χ2v) is 10.3. The number of rotatable bonds is 10. The number of carbonyl (C=O) groups is 2. The van der Waals surface area contributed by atoms with Crippen LogP contribution < -0.4 is 9.64 Å². The van der Waals surface area contributed by atoms with Crippen LogP contribution >= 0.6 is 0 Å². The highest BCUT2D eigenvalue weighted by atomic mass is 16.5. The van der Waals surface area contributed by atoms with Crippen LogP contribution in [0.15, 0.2) is 24.3 Å². The van der Waals surface area contributed by atoms with E-state index in [2.05, 4.69) is 25.8 Å². The first-order valence-corrected chi connectivity index (χ1v) is 11.9. The van der Waals surface area contributed by atoms with Gasteiger partial charge in [0, 0.05) is 49.4 Å². The molecule has 188 valence electrons. The van der Waals surface area contributed by atoms with Gasteiger partial charge in [-0.15, -0.1) is 0 Å². The van der Waals surface area contributed by atoms with E-state index in [1.807, 2.05) is 50.2 Å². The van der Waals surface area contributed by atoms with Gasteiger partial charge in [-0.1, -0.05) is 26.8 Å². The van der Waals surface area contributed by atoms with Gasteiger partial charge in [0.1, 0.15) is 17.3 Å². The van der Waals surface area contributed by atoms with Crippen LogP contribution in [0, 0.1) is 12.3 Å². The van der Waals surface area contributed by atoms with E-state index in [0.717, 1.165) is 28.3 Å². The van der Waals surface area contributed by atoms with Crippen molar-refractivity contribution in [2.24, 2.45) is 0 Å². The lowest BCUT2D eigenvalue weighted by Gasteiger charge is -2.28. The number of nitrogens with zero attached hydrogens (tertiary/aromatic N) is 3. The normalized spacial score (nSPS) is 13.1. The summed E-state index contributed by atoms with van der Waals surface area (Å²) in [5.41, 5.74) is 4.47. The topological polar surface area (TPSA) is 107 Å². The molecule has 2 heterocycles. The summed E-state index contributed by atoms with van der Waals surface area (Å²) >= 11 is 0. The van der Waals surface area contributed by atoms with Gasteiger partial charge in [0.15, 0.2) is 5.78 Å². The van der Waals surface area contributed by atoms with Crippen LogP contribution in [0.2, 0.25) is 0 Å². The van der Waals surface area contributed by atoms with Crippen molar-refractivity contribution in [1.29, 1.82) is 5.41 Å². The number of anilines is 1. The number of aliphatic carboxylic acids is 1. The summed E-state index contributed by atoms with van der Waals surface area (Å²) in [7, 11) is 3.82. The van der Waals surface area contributed by atoms with Gasteiger partial charge in [0.2, 0.25) is 0 Å². The zero-order chi connectivity index (χ0) is 25.9. The molecule has 0 spiro atoms. The summed E-state index contributed by atoms with van der Waals surface area (Å²) in [6, 6.07) is 7.65. The number of hydrogen-bond acceptors (Lipinski definition) is 6. The molecule has 0 atom stereocenters. The van der Waals surface area contributed by atoms with Crippen molar-refractivity contribution < 1.29 is 19.4 Å². The van der Waals surface area contributed by atoms with Crippen LogP contribution in [0.25, 0.3) is 0 Å². The maximum Gasteiger partial charge on any atom is 0.303 e. The lowest BCUT2D eigenvalue weighted by molar-refractivity contribution is -0.137. The number of nitrogens with one attached hydrogen (secondary N) is 1. The van der Waals surface area contributed by atoms with Crippen LogP contribution in [-0.2, 0) is 16.8 Å². The van der Waals surface area contributed by atoms with E-state index >= 15 is 0 Å². The Morgan fingerprint density at radius 3 is 2.54 bits per heavy atom. The first kappa shape index (κ1) is 26.2. The van der Waals surface area contributed by atoms with Crippen LogP contribution in [0.3, 0.4) is 0 Å². The highest BCUT2D eigenvalue weighted by Crippen LogP contribution is 2.40. The van der Waals surface area contributed by atoms with E-state index in [1.165, 1.54) is 0 Å². The lowest BCUT2D eigenvalue weighted by atomic mass is 9.84. The minimum Gasteiger partial charge on any atom is -0.491 e. The first-order chi connectivity index (χ1) is 16.4. The van der Waals surface area contributed by atoms with E-state index in [0.29, 0.717) is 37.3 Å². The van der Waals surface area contributed by atoms with E-state index in [4.69, 9.17) is 15.3 Å². The number of aromatic nitrogens is 1. The number of amidine groups is 1. The summed E-state index contributed by atoms with van der Waals surface area (Å²) in [6.07, 6.45) is 1.30. The van der Waals surface area contributed by atoms with Gasteiger partial charge in [-0.2, -0.15) is 0 Å². The zero-order valence-corrected chi connectivity index (χ0v) is 21.6. The first-order valence-electron chi connectivity index (χ1n) is 11.9. The number of unbranched alkanes of at least 4 members (excludes halogenated alkanes) is 1. The van der Waals surface area contributed by atoms with Crippen molar-refractivity contribution in [3.8, 4) is 5.75 Å². The molecule has 0 saturated heterocycles. The molecule has 1 aromatic heterocycles. The minimum atomic E-state index is -0.808. The predicted molar refractivity (Wildman–Crippen MR) is 137 cm³/mol. The number of aryl methyl sites for hydroxylation is 1. The van der Waals surface area contributed by atoms with Crippen LogP contribution in [0.5, 0.6) is 5.75 Å². The maximum absolute atomic E-state index is 13.4. The number of benzene rings is 1. The number of hydrogen-bond donors (Lipinski definition) is 2. The van der Waals surface area contributed by atoms with Crippen LogP contribution in [0.1, 0.15) is 72.9 Å². The fourth-order valence-electron chi connectivity index (χ4n) is 4.12. The van der Waals surface area contributed by atoms with Crippen molar-refractivity contribution in [3.05, 3.63) is 52.3 Å². The van der Waals surface area contributed by atoms with Crippen LogP contribution in [0.4, 0.5) is 5.69 Å². The summed E-state index contributed by atoms with van der Waals surface area (Å²) < 4.78 is 6.18. The monoisotopic (exact) mass is 480 g/mol. The van der Waals surface area contributed by atoms with E-state index in [1.54, 1.807) is 4.90 Å². The Bertz CT molecular complexity index is 1130. The second kappa shape index (κ2) is 10.5. The van der Waals surface area contributed by atoms with Gasteiger partial charge >= 0.3 is 5.97 Å². The zero-order valence-electron chi connectivity index (χ0n) is 21.6. The quantitative estimate of drug-likeness (QED) is 0.383. The Morgan fingerprint density at radius 1 is 1.20 bits per heavy atom. The van der Waals surface area contributed by atoms with Crippen LogP contribution in [-0.4, -0.2) is 59.8 Å². The third-order valence-corrected chi connectivity index (χ3v) is 6.07. The number of Topliss-reactive ketones (excluding diaryl/α,β-unsaturated/α-hetero) is 1. The van der Waals surface area contributed by atoms with Gasteiger partial charge < -0.3 is 19.6 Å². The molecule has 0 amide bonds. The van der Waals surface area contributed by atoms with Gasteiger partial charge in [-0.3, -0.25) is 15.0 Å². The summed E-state index contributed by atoms with van der Waals surface area (Å²) in [5, 5.41) is 17.4. The Hall–Kier alpha value is -3.42. The fourth-order valence-corrected chi connectivity index (χ4v) is 4.12. The van der Waals surface area contributed by atoms with E-state index in [-0.39, 0.29) is 30.0 Å². The van der Waals surface area contributed by atoms with Crippen molar-refractivity contribution in [2.45, 2.75) is 58.9 Å². The average Bonchev–Trinajstić information content (AvgIpc) is 3.06. The molecule has 0 fully saturated rings. The number of carboxylic acid groups (broad SMARTS) is 1. The summed E-state index contributed by atoms with van der Waals surface area (Å²) in [5.74, 6) is 0.121. The molecule has 8 heteroatoms. The van der Waals surface area contributed by atoms with Crippen molar-refractivity contribution >= 4 is 23.3 Å². The molecule has 1 aromatic carbocycles. The SMILES string of the molecule is Cc1ccc2c(n1)C(=N)N(CC(=O)c1cc(N(C)C)c(OCCCCC(=O)O)c(C(C)(C)C)c1)C2. The molecular formula is C27H36N4O4. The summed E-state index contributed by atoms with van der Waals surface area (Å²) in [6.45, 7) is 9.13. The molecule has 3 rings (SSSR count). The molecule has 35 heavy (non-hydrogen) atoms. The van der Waals surface area contributed by atoms with E-state index in [9.17, 15) is 9.59 Å². The molecule has 0 saturated carbocycles. The lowest BCUT2D eigenvalue weighted by Crippen LogP contribution is -2.31. The highest BCUT2D eigenvalue weighted by Gasteiger charge is 2.29. The number of pyridine rings is 1. The number of carbonyl (C=O) groups excluding carboxylic acids is 1. The Morgan fingerprint density at radius 2 is 1.91 bits per heavy atom. The maximum atomic E-state index is 13.4. The Balaban J connectivity index is 1.85. The van der Waals surface area contributed by atoms with Crippen molar-refractivity contribution in [1.82, 2.24) is 9.88 Å². The minimum absolute atomic E-state index is 0.0686. The molecule has 1 aliphatic rings. The molecular weight excluding hydrogens is 444 g/mol. The van der Waals surface area contributed by atoms with Crippen molar-refractivity contribution in [3.63, 3.8) is 0 Å². The standard InChI is InChI=1S/C27H36N4O4/c1-17-10-11-18-15-31(26(28)24(18)29-17)16-22(32)19-13-20(27(2,3)4)25(21(14-19)30(5)6)35-12-8-7-9-23(33)34/h10-11,13-14,28H,7-9,12,15-16H2,1-6H3,(H,33,34). The number of ether oxygens (including phenoxy) is 1. The Kier molecular flexibility index (Phi) is 7.83. The molecule has 1 aliphatic heterocycles. The molecule has 0 unspecified atom stereocenters. The van der Waals surface area contributed by atoms with Gasteiger partial charge in [0.05, 0.1) is 18.8 Å². The average molecular weight is 481 g/mol. The predicted octanol–water partition coefficient (Wildman–Crippen LogP) is 4.41. The molecule has 0 bridgehead atoms. The molecule has 0 aliphatic carbocycles. The number of ketones is 1. The third kappa shape index (κ3) is 6.18. The summed E-state index contributed by atoms with van der Waals surface area (Å²) in [4.78, 5) is 32.4. The van der Waals surface area contributed by atoms with Crippen molar-refractivity contribution in [2.75, 3.05) is 32.1 Å². The largest absolute Gasteiger partial charge is 0.491 e. The molecule has 2 aromatic rings. The fraction of sp³-hybridized carbons (Fsp3) is 0.481. The molecule has 0 radical (unpaired) electrons. The highest BCUT2D eigenvalue weighted by molar-refractivity contribution is 6.05.